The first-order chi connectivity index (χ1) is 23.0. The summed E-state index contributed by atoms with van der Waals surface area (Å²) in [5, 5.41) is 19.9. The van der Waals surface area contributed by atoms with Crippen LogP contribution < -0.4 is 10.1 Å². The van der Waals surface area contributed by atoms with E-state index in [1.165, 1.54) is 0 Å². The summed E-state index contributed by atoms with van der Waals surface area (Å²) in [5.41, 5.74) is 21.7. The number of carbonyl (C=O) groups is 1. The topological polar surface area (TPSA) is 178 Å². The molecule has 2 N–H and O–H groups in total. The number of hydrogen-bond acceptors (Lipinski definition) is 7. The van der Waals surface area contributed by atoms with E-state index in [-0.39, 0.29) is 32.0 Å². The van der Waals surface area contributed by atoms with Gasteiger partial charge in [0.1, 0.15) is 5.75 Å². The zero-order valence-corrected chi connectivity index (χ0v) is 25.9. The van der Waals surface area contributed by atoms with Gasteiger partial charge in [0.15, 0.2) is 11.6 Å². The minimum absolute atomic E-state index is 0.0299. The molecule has 238 valence electrons. The lowest BCUT2D eigenvalue weighted by Crippen LogP contribution is -2.50. The third kappa shape index (κ3) is 7.71. The summed E-state index contributed by atoms with van der Waals surface area (Å²) in [5.74, 6) is 0.460. The van der Waals surface area contributed by atoms with Gasteiger partial charge in [-0.15, -0.1) is 0 Å². The van der Waals surface area contributed by atoms with Gasteiger partial charge < -0.3 is 19.9 Å². The van der Waals surface area contributed by atoms with Crippen LogP contribution in [0.3, 0.4) is 0 Å². The van der Waals surface area contributed by atoms with Crippen molar-refractivity contribution in [2.45, 2.75) is 44.5 Å². The van der Waals surface area contributed by atoms with Gasteiger partial charge in [0.25, 0.3) is 5.91 Å². The largest absolute Gasteiger partial charge is 0.494 e. The highest BCUT2D eigenvalue weighted by Gasteiger charge is 2.54. The van der Waals surface area contributed by atoms with E-state index >= 15 is 0 Å². The second-order valence-corrected chi connectivity index (χ2v) is 11.0. The Hall–Kier alpha value is -5.80. The van der Waals surface area contributed by atoms with Crippen LogP contribution in [0.2, 0.25) is 0 Å². The van der Waals surface area contributed by atoms with Crippen LogP contribution >= 0.6 is 0 Å². The Morgan fingerprint density at radius 1 is 1.00 bits per heavy atom. The zero-order chi connectivity index (χ0) is 33.1. The maximum Gasteiger partial charge on any atom is 0.252 e. The van der Waals surface area contributed by atoms with E-state index in [0.717, 1.165) is 11.1 Å². The molecule has 12 nitrogen and oxygen atoms in total. The Kier molecular flexibility index (Phi) is 10.7. The maximum atomic E-state index is 14.7. The Labute approximate surface area is 272 Å². The van der Waals surface area contributed by atoms with Gasteiger partial charge in [-0.05, 0) is 64.5 Å². The number of ether oxygens (including phenoxy) is 2. The van der Waals surface area contributed by atoms with Crippen LogP contribution in [0.25, 0.3) is 20.9 Å². The van der Waals surface area contributed by atoms with Crippen molar-refractivity contribution in [3.05, 3.63) is 151 Å². The average Bonchev–Trinajstić information content (AvgIpc) is 3.48. The molecule has 1 amide bonds. The molecule has 47 heavy (non-hydrogen) atoms. The lowest BCUT2D eigenvalue weighted by Gasteiger charge is -2.32. The second kappa shape index (κ2) is 15.5. The van der Waals surface area contributed by atoms with Gasteiger partial charge in [-0.1, -0.05) is 88.6 Å². The van der Waals surface area contributed by atoms with Crippen molar-refractivity contribution in [3.8, 4) is 5.75 Å². The van der Waals surface area contributed by atoms with Crippen molar-refractivity contribution in [3.63, 3.8) is 0 Å². The first-order valence-electron chi connectivity index (χ1n) is 15.1. The van der Waals surface area contributed by atoms with Gasteiger partial charge in [0.05, 0.1) is 13.2 Å². The second-order valence-electron chi connectivity index (χ2n) is 11.0. The van der Waals surface area contributed by atoms with E-state index in [1.807, 2.05) is 61.5 Å². The Balaban J connectivity index is 1.64. The van der Waals surface area contributed by atoms with Crippen molar-refractivity contribution >= 4 is 17.5 Å². The lowest BCUT2D eigenvalue weighted by atomic mass is 9.80. The van der Waals surface area contributed by atoms with Gasteiger partial charge in [-0.3, -0.25) is 4.79 Å². The number of hydrogen-bond donors (Lipinski definition) is 2. The van der Waals surface area contributed by atoms with Crippen LogP contribution in [0.5, 0.6) is 5.75 Å². The highest BCUT2D eigenvalue weighted by Crippen LogP contribution is 2.45. The number of nitrogens with zero attached hydrogens (tertiary/aromatic N) is 7. The van der Waals surface area contributed by atoms with E-state index in [9.17, 15) is 10.3 Å². The molecule has 4 aromatic carbocycles. The Morgan fingerprint density at radius 2 is 1.77 bits per heavy atom. The third-order valence-electron chi connectivity index (χ3n) is 7.81. The Morgan fingerprint density at radius 3 is 2.51 bits per heavy atom. The van der Waals surface area contributed by atoms with Gasteiger partial charge in [-0.2, -0.15) is 0 Å². The molecule has 1 aliphatic rings. The highest BCUT2D eigenvalue weighted by atomic mass is 16.5. The van der Waals surface area contributed by atoms with Crippen LogP contribution in [0.1, 0.15) is 45.9 Å². The van der Waals surface area contributed by atoms with E-state index in [0.29, 0.717) is 46.7 Å². The Bertz CT molecular complexity index is 1850. The van der Waals surface area contributed by atoms with Crippen LogP contribution in [-0.2, 0) is 29.0 Å². The summed E-state index contributed by atoms with van der Waals surface area (Å²) in [4.78, 5) is 25.7. The SMILES string of the molecule is Cc1cccc(CNC(=O)[C@]2(Cc3ccccc3N=[N+]=[N-])N=C(c3ccc(OCCCO)cc3)O[C@@H]2c2ccccc2CN=[N+]=[N-])c1. The van der Waals surface area contributed by atoms with Gasteiger partial charge in [0, 0.05) is 47.1 Å². The van der Waals surface area contributed by atoms with E-state index in [4.69, 9.17) is 25.1 Å². The highest BCUT2D eigenvalue weighted by molar-refractivity contribution is 6.01. The molecular formula is C35H34N8O4. The smallest absolute Gasteiger partial charge is 0.252 e. The fourth-order valence-corrected chi connectivity index (χ4v) is 5.55. The van der Waals surface area contributed by atoms with E-state index in [2.05, 4.69) is 25.4 Å². The number of aliphatic hydroxyl groups excluding tert-OH is 1. The molecule has 4 aromatic rings. The van der Waals surface area contributed by atoms with E-state index in [1.54, 1.807) is 42.5 Å². The third-order valence-corrected chi connectivity index (χ3v) is 7.81. The molecule has 1 heterocycles. The number of amides is 1. The molecule has 2 atom stereocenters. The summed E-state index contributed by atoms with van der Waals surface area (Å²) >= 11 is 0. The number of azide groups is 2. The monoisotopic (exact) mass is 630 g/mol. The summed E-state index contributed by atoms with van der Waals surface area (Å²) in [6.07, 6.45) is -0.403. The van der Waals surface area contributed by atoms with Gasteiger partial charge in [0.2, 0.25) is 5.90 Å². The van der Waals surface area contributed by atoms with Crippen molar-refractivity contribution in [1.82, 2.24) is 5.32 Å². The molecule has 0 aromatic heterocycles. The molecule has 0 fully saturated rings. The first kappa shape index (κ1) is 32.6. The molecule has 0 spiro atoms. The van der Waals surface area contributed by atoms with Gasteiger partial charge >= 0.3 is 0 Å². The fraction of sp³-hybridized carbons (Fsp3) is 0.257. The maximum absolute atomic E-state index is 14.7. The molecular weight excluding hydrogens is 596 g/mol. The molecule has 0 saturated carbocycles. The minimum Gasteiger partial charge on any atom is -0.494 e. The molecule has 5 rings (SSSR count). The lowest BCUT2D eigenvalue weighted by molar-refractivity contribution is -0.129. The average molecular weight is 631 g/mol. The zero-order valence-electron chi connectivity index (χ0n) is 25.9. The van der Waals surface area contributed by atoms with Crippen LogP contribution in [0, 0.1) is 6.92 Å². The van der Waals surface area contributed by atoms with Crippen molar-refractivity contribution < 1.29 is 19.4 Å². The standard InChI is InChI=1S/C35H34N8O4/c1-24-8-6-9-25(20-24)22-38-34(45)35(21-27-10-3-5-13-31(27)41-43-37)32(30-12-4-2-11-28(30)23-39-42-36)47-33(40-35)26-14-16-29(17-15-26)46-19-7-18-44/h2-6,8-17,20,32,44H,7,18-19,21-23H2,1H3,(H,38,45)/t32-,35-/m1/s1. The molecule has 12 heteroatoms. The number of aliphatic hydroxyl groups is 1. The molecule has 0 radical (unpaired) electrons. The first-order valence-corrected chi connectivity index (χ1v) is 15.1. The molecule has 0 saturated heterocycles. The normalized spacial score (nSPS) is 16.6. The van der Waals surface area contributed by atoms with Crippen LogP contribution in [0.15, 0.2) is 112 Å². The number of benzene rings is 4. The van der Waals surface area contributed by atoms with E-state index < -0.39 is 17.6 Å². The van der Waals surface area contributed by atoms with Crippen LogP contribution in [0.4, 0.5) is 5.69 Å². The minimum atomic E-state index is -1.57. The van der Waals surface area contributed by atoms with Crippen molar-refractivity contribution in [2.24, 2.45) is 15.2 Å². The number of nitrogens with one attached hydrogen (secondary N) is 1. The van der Waals surface area contributed by atoms with Crippen molar-refractivity contribution in [1.29, 1.82) is 0 Å². The molecule has 1 aliphatic heterocycles. The summed E-state index contributed by atoms with van der Waals surface area (Å²) in [6, 6.07) is 29.4. The predicted molar refractivity (Wildman–Crippen MR) is 178 cm³/mol. The van der Waals surface area contributed by atoms with Crippen molar-refractivity contribution in [2.75, 3.05) is 13.2 Å². The number of aliphatic imine (C=N–C) groups is 1. The summed E-state index contributed by atoms with van der Waals surface area (Å²) < 4.78 is 12.4. The quantitative estimate of drug-likeness (QED) is 0.0642. The number of carbonyl (C=O) groups excluding carboxylic acids is 1. The molecule has 0 aliphatic carbocycles. The summed E-state index contributed by atoms with van der Waals surface area (Å²) in [6.45, 7) is 2.67. The number of aryl methyl sites for hydroxylation is 1. The van der Waals surface area contributed by atoms with Crippen LogP contribution in [-0.4, -0.2) is 35.7 Å². The fourth-order valence-electron chi connectivity index (χ4n) is 5.55. The van der Waals surface area contributed by atoms with Gasteiger partial charge in [-0.25, -0.2) is 4.99 Å². The molecule has 0 bridgehead atoms. The number of rotatable bonds is 14. The summed E-state index contributed by atoms with van der Waals surface area (Å²) in [7, 11) is 0. The predicted octanol–water partition coefficient (Wildman–Crippen LogP) is 7.32. The molecule has 0 unspecified atom stereocenters.